The molecule has 108 valence electrons. The summed E-state index contributed by atoms with van der Waals surface area (Å²) in [6.07, 6.45) is 4.88. The van der Waals surface area contributed by atoms with Gasteiger partial charge in [0.05, 0.1) is 6.10 Å². The fraction of sp³-hybridized carbons (Fsp3) is 0.600. The molecule has 2 aliphatic rings. The van der Waals surface area contributed by atoms with Gasteiger partial charge in [0.25, 0.3) is 5.91 Å². The molecule has 0 spiro atoms. The number of nitrogens with zero attached hydrogens (tertiary/aromatic N) is 2. The number of amides is 1. The molecule has 0 saturated carbocycles. The van der Waals surface area contributed by atoms with E-state index in [2.05, 4.69) is 10.3 Å². The third-order valence-electron chi connectivity index (χ3n) is 4.31. The second kappa shape index (κ2) is 5.40. The van der Waals surface area contributed by atoms with Gasteiger partial charge in [0.2, 0.25) is 0 Å². The number of hydrogen-bond donors (Lipinski definition) is 2. The van der Waals surface area contributed by atoms with Crippen molar-refractivity contribution in [2.24, 2.45) is 0 Å². The minimum atomic E-state index is -0.244. The van der Waals surface area contributed by atoms with Crippen LogP contribution in [0, 0.1) is 0 Å². The van der Waals surface area contributed by atoms with Gasteiger partial charge in [-0.15, -0.1) is 0 Å². The summed E-state index contributed by atoms with van der Waals surface area (Å²) >= 11 is 0. The summed E-state index contributed by atoms with van der Waals surface area (Å²) in [4.78, 5) is 18.9. The lowest BCUT2D eigenvalue weighted by molar-refractivity contribution is 0.0287. The van der Waals surface area contributed by atoms with Crippen molar-refractivity contribution < 1.29 is 9.90 Å². The molecule has 2 aliphatic heterocycles. The summed E-state index contributed by atoms with van der Waals surface area (Å²) < 4.78 is 0. The van der Waals surface area contributed by atoms with Crippen LogP contribution in [0.4, 0.5) is 5.82 Å². The highest BCUT2D eigenvalue weighted by atomic mass is 16.3. The lowest BCUT2D eigenvalue weighted by Crippen LogP contribution is -2.48. The molecule has 2 N–H and O–H groups in total. The van der Waals surface area contributed by atoms with E-state index >= 15 is 0 Å². The third-order valence-corrected chi connectivity index (χ3v) is 4.31. The average molecular weight is 275 g/mol. The number of piperidine rings is 1. The smallest absolute Gasteiger partial charge is 0.254 e. The Hall–Kier alpha value is -1.62. The summed E-state index contributed by atoms with van der Waals surface area (Å²) in [6.45, 7) is 2.79. The first-order valence-electron chi connectivity index (χ1n) is 7.39. The maximum absolute atomic E-state index is 12.7. The summed E-state index contributed by atoms with van der Waals surface area (Å²) in [7, 11) is 0. The Morgan fingerprint density at radius 3 is 2.80 bits per heavy atom. The molecule has 0 aliphatic carbocycles. The van der Waals surface area contributed by atoms with Gasteiger partial charge in [-0.25, -0.2) is 4.98 Å². The zero-order valence-electron chi connectivity index (χ0n) is 11.7. The number of pyridine rings is 1. The number of hydrogen-bond acceptors (Lipinski definition) is 4. The molecule has 2 atom stereocenters. The monoisotopic (exact) mass is 275 g/mol. The Balaban J connectivity index is 1.81. The molecule has 1 aromatic heterocycles. The van der Waals surface area contributed by atoms with E-state index < -0.39 is 0 Å². The molecule has 0 radical (unpaired) electrons. The molecule has 2 fully saturated rings. The quantitative estimate of drug-likeness (QED) is 0.880. The number of carbonyl (C=O) groups excluding carboxylic acids is 1. The molecular formula is C15H21N3O2. The van der Waals surface area contributed by atoms with Crippen LogP contribution in [0.15, 0.2) is 18.3 Å². The highest BCUT2D eigenvalue weighted by molar-refractivity contribution is 5.95. The van der Waals surface area contributed by atoms with Gasteiger partial charge in [0.15, 0.2) is 0 Å². The van der Waals surface area contributed by atoms with Crippen LogP contribution in [0.25, 0.3) is 0 Å². The zero-order valence-corrected chi connectivity index (χ0v) is 11.7. The molecule has 20 heavy (non-hydrogen) atoms. The summed E-state index contributed by atoms with van der Waals surface area (Å²) in [5.74, 6) is 0.814. The van der Waals surface area contributed by atoms with Crippen molar-refractivity contribution in [2.75, 3.05) is 11.9 Å². The lowest BCUT2D eigenvalue weighted by atomic mass is 9.99. The molecule has 2 unspecified atom stereocenters. The topological polar surface area (TPSA) is 65.5 Å². The first-order chi connectivity index (χ1) is 9.69. The highest BCUT2D eigenvalue weighted by Gasteiger charge is 2.42. The van der Waals surface area contributed by atoms with Crippen LogP contribution < -0.4 is 5.32 Å². The summed E-state index contributed by atoms with van der Waals surface area (Å²) in [6, 6.07) is 3.99. The minimum absolute atomic E-state index is 0.0750. The number of aliphatic hydroxyl groups is 1. The van der Waals surface area contributed by atoms with Crippen molar-refractivity contribution in [2.45, 2.75) is 50.8 Å². The van der Waals surface area contributed by atoms with Crippen molar-refractivity contribution in [3.05, 3.63) is 23.9 Å². The van der Waals surface area contributed by atoms with E-state index in [0.29, 0.717) is 18.4 Å². The van der Waals surface area contributed by atoms with Crippen molar-refractivity contribution in [3.63, 3.8) is 0 Å². The molecule has 0 aromatic carbocycles. The van der Waals surface area contributed by atoms with Crippen LogP contribution in [0.3, 0.4) is 0 Å². The van der Waals surface area contributed by atoms with E-state index in [-0.39, 0.29) is 24.1 Å². The van der Waals surface area contributed by atoms with E-state index in [9.17, 15) is 9.90 Å². The predicted molar refractivity (Wildman–Crippen MR) is 76.6 cm³/mol. The number of anilines is 1. The standard InChI is InChI=1S/C15H21N3O2/c1-2-16-14-7-10(5-6-17-14)15(20)18-11-3-4-12(18)9-13(19)8-11/h5-7,11-13,19H,2-4,8-9H2,1H3,(H,16,17). The number of aromatic nitrogens is 1. The molecule has 1 aromatic rings. The van der Waals surface area contributed by atoms with Gasteiger partial charge in [-0.2, -0.15) is 0 Å². The Labute approximate surface area is 119 Å². The van der Waals surface area contributed by atoms with Gasteiger partial charge in [0, 0.05) is 30.4 Å². The van der Waals surface area contributed by atoms with Crippen LogP contribution in [0.2, 0.25) is 0 Å². The fourth-order valence-electron chi connectivity index (χ4n) is 3.47. The zero-order chi connectivity index (χ0) is 14.1. The molecule has 2 saturated heterocycles. The van der Waals surface area contributed by atoms with Gasteiger partial charge in [-0.3, -0.25) is 4.79 Å². The average Bonchev–Trinajstić information content (AvgIpc) is 2.71. The fourth-order valence-corrected chi connectivity index (χ4v) is 3.47. The molecule has 5 heteroatoms. The predicted octanol–water partition coefficient (Wildman–Crippen LogP) is 1.64. The third kappa shape index (κ3) is 2.38. The van der Waals surface area contributed by atoms with Crippen molar-refractivity contribution in [1.82, 2.24) is 9.88 Å². The maximum atomic E-state index is 12.7. The van der Waals surface area contributed by atoms with E-state index in [4.69, 9.17) is 0 Å². The first kappa shape index (κ1) is 13.4. The second-order valence-electron chi connectivity index (χ2n) is 5.68. The van der Waals surface area contributed by atoms with Gasteiger partial charge in [-0.05, 0) is 44.7 Å². The number of fused-ring (bicyclic) bond motifs is 2. The lowest BCUT2D eigenvalue weighted by Gasteiger charge is -2.37. The normalized spacial score (nSPS) is 28.5. The van der Waals surface area contributed by atoms with E-state index in [0.717, 1.165) is 25.2 Å². The number of rotatable bonds is 3. The molecule has 2 bridgehead atoms. The number of carbonyl (C=O) groups is 1. The van der Waals surface area contributed by atoms with Crippen molar-refractivity contribution in [3.8, 4) is 0 Å². The summed E-state index contributed by atoms with van der Waals surface area (Å²) in [5.41, 5.74) is 0.684. The van der Waals surface area contributed by atoms with Gasteiger partial charge in [0.1, 0.15) is 5.82 Å². The Morgan fingerprint density at radius 2 is 2.15 bits per heavy atom. The van der Waals surface area contributed by atoms with Crippen molar-refractivity contribution in [1.29, 1.82) is 0 Å². The largest absolute Gasteiger partial charge is 0.393 e. The molecule has 3 heterocycles. The van der Waals surface area contributed by atoms with E-state index in [1.165, 1.54) is 0 Å². The summed E-state index contributed by atoms with van der Waals surface area (Å²) in [5, 5.41) is 12.9. The number of nitrogens with one attached hydrogen (secondary N) is 1. The van der Waals surface area contributed by atoms with Gasteiger partial charge in [-0.1, -0.05) is 0 Å². The van der Waals surface area contributed by atoms with Crippen LogP contribution in [-0.4, -0.2) is 45.6 Å². The Bertz CT molecular complexity index is 492. The van der Waals surface area contributed by atoms with E-state index in [1.54, 1.807) is 12.3 Å². The maximum Gasteiger partial charge on any atom is 0.254 e. The first-order valence-corrected chi connectivity index (χ1v) is 7.39. The SMILES string of the molecule is CCNc1cc(C(=O)N2C3CCC2CC(O)C3)ccn1. The highest BCUT2D eigenvalue weighted by Crippen LogP contribution is 2.36. The number of aliphatic hydroxyl groups excluding tert-OH is 1. The van der Waals surface area contributed by atoms with Gasteiger partial charge >= 0.3 is 0 Å². The van der Waals surface area contributed by atoms with Crippen LogP contribution >= 0.6 is 0 Å². The molecular weight excluding hydrogens is 254 g/mol. The second-order valence-corrected chi connectivity index (χ2v) is 5.68. The van der Waals surface area contributed by atoms with E-state index in [1.807, 2.05) is 17.9 Å². The van der Waals surface area contributed by atoms with Gasteiger partial charge < -0.3 is 15.3 Å². The molecule has 5 nitrogen and oxygen atoms in total. The Kier molecular flexibility index (Phi) is 3.61. The van der Waals surface area contributed by atoms with Crippen LogP contribution in [0.1, 0.15) is 43.0 Å². The van der Waals surface area contributed by atoms with Crippen LogP contribution in [-0.2, 0) is 0 Å². The minimum Gasteiger partial charge on any atom is -0.393 e. The molecule has 1 amide bonds. The van der Waals surface area contributed by atoms with Crippen molar-refractivity contribution >= 4 is 11.7 Å². The van der Waals surface area contributed by atoms with Crippen LogP contribution in [0.5, 0.6) is 0 Å². The Morgan fingerprint density at radius 1 is 1.45 bits per heavy atom. The molecule has 3 rings (SSSR count).